The third kappa shape index (κ3) is 4.29. The van der Waals surface area contributed by atoms with Gasteiger partial charge >= 0.3 is 6.18 Å². The zero-order valence-electron chi connectivity index (χ0n) is 13.2. The maximum atomic E-state index is 12.9. The van der Waals surface area contributed by atoms with E-state index in [4.69, 9.17) is 12.2 Å². The highest BCUT2D eigenvalue weighted by atomic mass is 32.1. The second kappa shape index (κ2) is 6.20. The highest BCUT2D eigenvalue weighted by Crippen LogP contribution is 2.30. The van der Waals surface area contributed by atoms with E-state index in [2.05, 4.69) is 4.99 Å². The number of alkyl halides is 3. The third-order valence-corrected chi connectivity index (χ3v) is 4.66. The van der Waals surface area contributed by atoms with Crippen molar-refractivity contribution in [3.63, 3.8) is 0 Å². The van der Waals surface area contributed by atoms with Crippen LogP contribution in [0.3, 0.4) is 0 Å². The molecule has 0 unspecified atom stereocenters. The molecule has 0 saturated carbocycles. The molecule has 0 bridgehead atoms. The van der Waals surface area contributed by atoms with Gasteiger partial charge in [-0.3, -0.25) is 4.57 Å². The number of nitrogens with zero attached hydrogens (tertiary/aromatic N) is 2. The molecule has 0 aliphatic heterocycles. The number of aromatic nitrogens is 1. The molecule has 0 fully saturated rings. The summed E-state index contributed by atoms with van der Waals surface area (Å²) in [6.45, 7) is 7.74. The van der Waals surface area contributed by atoms with Crippen LogP contribution in [0.2, 0.25) is 0 Å². The molecule has 2 rings (SSSR count). The fourth-order valence-electron chi connectivity index (χ4n) is 1.80. The Labute approximate surface area is 142 Å². The van der Waals surface area contributed by atoms with Gasteiger partial charge < -0.3 is 0 Å². The molecule has 1 aromatic carbocycles. The number of benzene rings is 1. The molecule has 1 aromatic heterocycles. The lowest BCUT2D eigenvalue weighted by Crippen LogP contribution is -2.21. The van der Waals surface area contributed by atoms with E-state index in [9.17, 15) is 13.2 Å². The second-order valence-electron chi connectivity index (χ2n) is 6.21. The minimum Gasteiger partial charge on any atom is -0.292 e. The van der Waals surface area contributed by atoms with Gasteiger partial charge in [-0.2, -0.15) is 13.2 Å². The van der Waals surface area contributed by atoms with Crippen LogP contribution < -0.4 is 4.80 Å². The number of thiocarbonyl (C=S) groups is 1. The fraction of sp³-hybridized carbons (Fsp3) is 0.375. The highest BCUT2D eigenvalue weighted by Gasteiger charge is 2.30. The van der Waals surface area contributed by atoms with Crippen molar-refractivity contribution in [3.05, 3.63) is 45.7 Å². The number of hydrogen-bond acceptors (Lipinski definition) is 2. The first-order valence-corrected chi connectivity index (χ1v) is 8.17. The van der Waals surface area contributed by atoms with E-state index in [0.717, 1.165) is 17.0 Å². The van der Waals surface area contributed by atoms with Crippen LogP contribution in [-0.4, -0.2) is 9.56 Å². The number of aryl methyl sites for hydroxylation is 1. The summed E-state index contributed by atoms with van der Waals surface area (Å²) in [5.41, 5.74) is -0.547. The van der Waals surface area contributed by atoms with Crippen molar-refractivity contribution in [3.8, 4) is 5.69 Å². The molecular formula is C16H17F3N2S2. The van der Waals surface area contributed by atoms with E-state index in [0.29, 0.717) is 15.5 Å². The lowest BCUT2D eigenvalue weighted by atomic mass is 9.97. The first-order chi connectivity index (χ1) is 10.5. The van der Waals surface area contributed by atoms with Crippen LogP contribution in [0.15, 0.2) is 35.5 Å². The van der Waals surface area contributed by atoms with Gasteiger partial charge in [0.05, 0.1) is 5.56 Å². The van der Waals surface area contributed by atoms with E-state index in [1.807, 2.05) is 27.7 Å². The molecule has 0 amide bonds. The maximum absolute atomic E-state index is 12.9. The summed E-state index contributed by atoms with van der Waals surface area (Å²) in [7, 11) is 0. The molecular weight excluding hydrogens is 341 g/mol. The normalized spacial score (nSPS) is 13.4. The molecule has 23 heavy (non-hydrogen) atoms. The van der Waals surface area contributed by atoms with Crippen molar-refractivity contribution >= 4 is 28.5 Å². The van der Waals surface area contributed by atoms with Crippen LogP contribution in [0.1, 0.15) is 31.2 Å². The van der Waals surface area contributed by atoms with Crippen LogP contribution >= 0.6 is 23.6 Å². The van der Waals surface area contributed by atoms with E-state index in [1.54, 1.807) is 16.8 Å². The van der Waals surface area contributed by atoms with Crippen LogP contribution in [0.5, 0.6) is 0 Å². The van der Waals surface area contributed by atoms with E-state index < -0.39 is 11.7 Å². The highest BCUT2D eigenvalue weighted by molar-refractivity contribution is 7.80. The molecule has 0 spiro atoms. The fourth-order valence-corrected chi connectivity index (χ4v) is 2.79. The van der Waals surface area contributed by atoms with Gasteiger partial charge in [0.15, 0.2) is 4.80 Å². The molecule has 0 aliphatic rings. The van der Waals surface area contributed by atoms with Gasteiger partial charge in [0.25, 0.3) is 0 Å². The van der Waals surface area contributed by atoms with Crippen LogP contribution in [0, 0.1) is 12.3 Å². The van der Waals surface area contributed by atoms with Crippen LogP contribution in [0.4, 0.5) is 13.2 Å². The van der Waals surface area contributed by atoms with E-state index in [1.165, 1.54) is 17.4 Å². The predicted molar refractivity (Wildman–Crippen MR) is 91.0 cm³/mol. The lowest BCUT2D eigenvalue weighted by molar-refractivity contribution is -0.137. The minimum atomic E-state index is -4.38. The summed E-state index contributed by atoms with van der Waals surface area (Å²) in [5.74, 6) is 0. The molecule has 0 aliphatic carbocycles. The summed E-state index contributed by atoms with van der Waals surface area (Å²) in [5, 5.41) is 0. The van der Waals surface area contributed by atoms with Crippen molar-refractivity contribution in [2.45, 2.75) is 33.9 Å². The second-order valence-corrected chi connectivity index (χ2v) is 7.81. The van der Waals surface area contributed by atoms with E-state index >= 15 is 0 Å². The van der Waals surface area contributed by atoms with Crippen molar-refractivity contribution in [2.75, 3.05) is 0 Å². The Morgan fingerprint density at radius 1 is 1.22 bits per heavy atom. The van der Waals surface area contributed by atoms with Gasteiger partial charge in [-0.1, -0.05) is 39.1 Å². The summed E-state index contributed by atoms with van der Waals surface area (Å²) < 4.78 is 40.4. The average Bonchev–Trinajstić information content (AvgIpc) is 2.78. The Morgan fingerprint density at radius 2 is 1.87 bits per heavy atom. The molecule has 124 valence electrons. The Kier molecular flexibility index (Phi) is 4.82. The van der Waals surface area contributed by atoms with Crippen molar-refractivity contribution < 1.29 is 13.2 Å². The first-order valence-electron chi connectivity index (χ1n) is 6.94. The van der Waals surface area contributed by atoms with Gasteiger partial charge in [0, 0.05) is 22.2 Å². The van der Waals surface area contributed by atoms with Gasteiger partial charge in [-0.05, 0) is 25.1 Å². The molecule has 0 saturated heterocycles. The molecule has 0 radical (unpaired) electrons. The lowest BCUT2D eigenvalue weighted by Gasteiger charge is -2.15. The molecule has 0 atom stereocenters. The number of rotatable bonds is 1. The monoisotopic (exact) mass is 358 g/mol. The maximum Gasteiger partial charge on any atom is 0.416 e. The summed E-state index contributed by atoms with van der Waals surface area (Å²) in [6.07, 6.45) is -2.61. The number of thiazole rings is 1. The van der Waals surface area contributed by atoms with Crippen LogP contribution in [-0.2, 0) is 6.18 Å². The first kappa shape index (κ1) is 17.9. The minimum absolute atomic E-state index is 0.279. The zero-order valence-corrected chi connectivity index (χ0v) is 14.9. The molecule has 2 aromatic rings. The van der Waals surface area contributed by atoms with Gasteiger partial charge in [-0.15, -0.1) is 11.3 Å². The average molecular weight is 358 g/mol. The number of hydrogen-bond donors (Lipinski definition) is 0. The quantitative estimate of drug-likeness (QED) is 0.645. The van der Waals surface area contributed by atoms with Crippen molar-refractivity contribution in [1.82, 2.24) is 4.57 Å². The summed E-state index contributed by atoms with van der Waals surface area (Å²) in [4.78, 5) is 6.48. The van der Waals surface area contributed by atoms with Gasteiger partial charge in [0.2, 0.25) is 0 Å². The Morgan fingerprint density at radius 3 is 2.43 bits per heavy atom. The van der Waals surface area contributed by atoms with Crippen molar-refractivity contribution in [1.29, 1.82) is 0 Å². The molecule has 7 heteroatoms. The Hall–Kier alpha value is -1.47. The molecule has 2 nitrogen and oxygen atoms in total. The van der Waals surface area contributed by atoms with Gasteiger partial charge in [0.1, 0.15) is 4.99 Å². The molecule has 1 heterocycles. The Balaban J connectivity index is 2.58. The summed E-state index contributed by atoms with van der Waals surface area (Å²) >= 11 is 6.72. The number of halogens is 3. The largest absolute Gasteiger partial charge is 0.416 e. The van der Waals surface area contributed by atoms with Gasteiger partial charge in [-0.25, -0.2) is 4.99 Å². The van der Waals surface area contributed by atoms with Crippen LogP contribution in [0.25, 0.3) is 5.69 Å². The predicted octanol–water partition coefficient (Wildman–Crippen LogP) is 5.14. The summed E-state index contributed by atoms with van der Waals surface area (Å²) in [6, 6.07) is 5.19. The molecule has 0 N–H and O–H groups in total. The van der Waals surface area contributed by atoms with E-state index in [-0.39, 0.29) is 5.41 Å². The standard InChI is InChI=1S/C16H17F3N2S2/c1-10-9-21(14(23-10)20-13(22)15(2,3)4)12-7-5-6-11(8-12)16(17,18)19/h5-9H,1-4H3. The SMILES string of the molecule is Cc1cn(-c2cccc(C(F)(F)F)c2)c(=NC(=S)C(C)(C)C)s1. The Bertz CT molecular complexity index is 793. The smallest absolute Gasteiger partial charge is 0.292 e. The topological polar surface area (TPSA) is 17.3 Å². The zero-order chi connectivity index (χ0) is 17.4. The van der Waals surface area contributed by atoms with Crippen molar-refractivity contribution in [2.24, 2.45) is 10.4 Å². The third-order valence-electron chi connectivity index (χ3n) is 3.06.